The van der Waals surface area contributed by atoms with Gasteiger partial charge in [0.25, 0.3) is 0 Å². The molecule has 1 aliphatic heterocycles. The number of alkyl halides is 2. The standard InChI is InChI=1S/C13H18F2N2/c1-13(14,15)10-5-4-8-17(9-10)12-7-3-2-6-11(12)16/h2-3,6-7,10H,4-5,8-9,16H2,1H3. The highest BCUT2D eigenvalue weighted by Crippen LogP contribution is 2.34. The summed E-state index contributed by atoms with van der Waals surface area (Å²) < 4.78 is 26.7. The van der Waals surface area contributed by atoms with Crippen molar-refractivity contribution in [1.29, 1.82) is 0 Å². The zero-order valence-electron chi connectivity index (χ0n) is 10.00. The Balaban J connectivity index is 2.15. The molecule has 0 spiro atoms. The second kappa shape index (κ2) is 4.51. The van der Waals surface area contributed by atoms with Gasteiger partial charge in [0, 0.05) is 19.0 Å². The predicted molar refractivity (Wildman–Crippen MR) is 66.4 cm³/mol. The van der Waals surface area contributed by atoms with Crippen LogP contribution in [0.1, 0.15) is 19.8 Å². The number of hydrogen-bond acceptors (Lipinski definition) is 2. The molecule has 0 aromatic heterocycles. The molecule has 1 aliphatic rings. The van der Waals surface area contributed by atoms with E-state index in [0.717, 1.165) is 25.6 Å². The Labute approximate surface area is 100 Å². The molecule has 2 rings (SSSR count). The average molecular weight is 240 g/mol. The number of nitrogens with two attached hydrogens (primary N) is 1. The predicted octanol–water partition coefficient (Wildman–Crippen LogP) is 3.14. The van der Waals surface area contributed by atoms with Gasteiger partial charge in [-0.2, -0.15) is 0 Å². The van der Waals surface area contributed by atoms with E-state index in [2.05, 4.69) is 0 Å². The van der Waals surface area contributed by atoms with Gasteiger partial charge >= 0.3 is 0 Å². The molecule has 1 aromatic rings. The molecule has 0 amide bonds. The first kappa shape index (κ1) is 12.1. The van der Waals surface area contributed by atoms with Gasteiger partial charge in [-0.1, -0.05) is 12.1 Å². The van der Waals surface area contributed by atoms with Gasteiger partial charge in [-0.05, 0) is 31.9 Å². The Morgan fingerprint density at radius 2 is 2.06 bits per heavy atom. The molecule has 1 atom stereocenters. The molecule has 1 heterocycles. The van der Waals surface area contributed by atoms with E-state index in [9.17, 15) is 8.78 Å². The lowest BCUT2D eigenvalue weighted by Gasteiger charge is -2.37. The number of nitrogens with zero attached hydrogens (tertiary/aromatic N) is 1. The van der Waals surface area contributed by atoms with Gasteiger partial charge in [0.15, 0.2) is 0 Å². The molecule has 17 heavy (non-hydrogen) atoms. The van der Waals surface area contributed by atoms with Crippen LogP contribution in [0.5, 0.6) is 0 Å². The molecule has 94 valence electrons. The van der Waals surface area contributed by atoms with Crippen molar-refractivity contribution in [2.45, 2.75) is 25.7 Å². The van der Waals surface area contributed by atoms with Crippen molar-refractivity contribution >= 4 is 11.4 Å². The number of benzene rings is 1. The Kier molecular flexibility index (Phi) is 3.22. The van der Waals surface area contributed by atoms with Crippen LogP contribution in [-0.2, 0) is 0 Å². The summed E-state index contributed by atoms with van der Waals surface area (Å²) in [6.45, 7) is 2.20. The van der Waals surface area contributed by atoms with E-state index < -0.39 is 11.8 Å². The molecule has 1 fully saturated rings. The topological polar surface area (TPSA) is 29.3 Å². The molecule has 0 bridgehead atoms. The minimum Gasteiger partial charge on any atom is -0.397 e. The van der Waals surface area contributed by atoms with Crippen molar-refractivity contribution in [1.82, 2.24) is 0 Å². The largest absolute Gasteiger partial charge is 0.397 e. The zero-order chi connectivity index (χ0) is 12.5. The second-order valence-corrected chi connectivity index (χ2v) is 4.80. The fourth-order valence-corrected chi connectivity index (χ4v) is 2.39. The van der Waals surface area contributed by atoms with Crippen molar-refractivity contribution < 1.29 is 8.78 Å². The van der Waals surface area contributed by atoms with E-state index in [1.807, 2.05) is 29.2 Å². The van der Waals surface area contributed by atoms with Crippen LogP contribution < -0.4 is 10.6 Å². The van der Waals surface area contributed by atoms with Crippen molar-refractivity contribution in [3.63, 3.8) is 0 Å². The highest BCUT2D eigenvalue weighted by molar-refractivity contribution is 5.67. The average Bonchev–Trinajstić information content (AvgIpc) is 2.29. The maximum atomic E-state index is 13.3. The quantitative estimate of drug-likeness (QED) is 0.805. The molecule has 1 unspecified atom stereocenters. The van der Waals surface area contributed by atoms with Crippen molar-refractivity contribution in [3.8, 4) is 0 Å². The smallest absolute Gasteiger partial charge is 0.249 e. The van der Waals surface area contributed by atoms with Gasteiger partial charge in [-0.25, -0.2) is 8.78 Å². The molecule has 0 saturated carbocycles. The molecule has 2 nitrogen and oxygen atoms in total. The number of piperidine rings is 1. The maximum Gasteiger partial charge on any atom is 0.249 e. The number of para-hydroxylation sites is 2. The fourth-order valence-electron chi connectivity index (χ4n) is 2.39. The van der Waals surface area contributed by atoms with Crippen LogP contribution in [0.25, 0.3) is 0 Å². The third-order valence-electron chi connectivity index (χ3n) is 3.42. The summed E-state index contributed by atoms with van der Waals surface area (Å²) in [7, 11) is 0. The fraction of sp³-hybridized carbons (Fsp3) is 0.538. The Morgan fingerprint density at radius 1 is 1.35 bits per heavy atom. The Bertz CT molecular complexity index is 387. The monoisotopic (exact) mass is 240 g/mol. The van der Waals surface area contributed by atoms with Gasteiger partial charge in [0.05, 0.1) is 11.4 Å². The van der Waals surface area contributed by atoms with E-state index in [1.165, 1.54) is 0 Å². The minimum absolute atomic E-state index is 0.387. The summed E-state index contributed by atoms with van der Waals surface area (Å²) in [5, 5.41) is 0. The Morgan fingerprint density at radius 3 is 2.71 bits per heavy atom. The van der Waals surface area contributed by atoms with Gasteiger partial charge in [-0.3, -0.25) is 0 Å². The second-order valence-electron chi connectivity index (χ2n) is 4.80. The highest BCUT2D eigenvalue weighted by Gasteiger charge is 2.37. The van der Waals surface area contributed by atoms with E-state index in [0.29, 0.717) is 18.7 Å². The van der Waals surface area contributed by atoms with Crippen molar-refractivity contribution in [3.05, 3.63) is 24.3 Å². The van der Waals surface area contributed by atoms with Gasteiger partial charge in [0.1, 0.15) is 0 Å². The lowest BCUT2D eigenvalue weighted by atomic mass is 9.92. The Hall–Kier alpha value is -1.32. The highest BCUT2D eigenvalue weighted by atomic mass is 19.3. The van der Waals surface area contributed by atoms with E-state index in [-0.39, 0.29) is 0 Å². The van der Waals surface area contributed by atoms with Crippen LogP contribution in [0.3, 0.4) is 0 Å². The number of nitrogen functional groups attached to an aromatic ring is 1. The first-order chi connectivity index (χ1) is 7.98. The van der Waals surface area contributed by atoms with Crippen LogP contribution in [-0.4, -0.2) is 19.0 Å². The van der Waals surface area contributed by atoms with Crippen molar-refractivity contribution in [2.75, 3.05) is 23.7 Å². The number of rotatable bonds is 2. The zero-order valence-corrected chi connectivity index (χ0v) is 10.00. The summed E-state index contributed by atoms with van der Waals surface area (Å²) in [5.74, 6) is -3.18. The molecule has 0 radical (unpaired) electrons. The molecule has 2 N–H and O–H groups in total. The summed E-state index contributed by atoms with van der Waals surface area (Å²) in [4.78, 5) is 1.97. The minimum atomic E-state index is -2.61. The normalized spacial score (nSPS) is 21.6. The first-order valence-corrected chi connectivity index (χ1v) is 5.96. The number of hydrogen-bond donors (Lipinski definition) is 1. The summed E-state index contributed by atoms with van der Waals surface area (Å²) in [6.07, 6.45) is 1.38. The maximum absolute atomic E-state index is 13.3. The van der Waals surface area contributed by atoms with E-state index in [4.69, 9.17) is 5.73 Å². The van der Waals surface area contributed by atoms with Crippen LogP contribution >= 0.6 is 0 Å². The van der Waals surface area contributed by atoms with Crippen LogP contribution in [0.4, 0.5) is 20.2 Å². The van der Waals surface area contributed by atoms with Gasteiger partial charge in [-0.15, -0.1) is 0 Å². The molecular weight excluding hydrogens is 222 g/mol. The van der Waals surface area contributed by atoms with Crippen LogP contribution in [0, 0.1) is 5.92 Å². The lowest BCUT2D eigenvalue weighted by molar-refractivity contribution is -0.0439. The summed E-state index contributed by atoms with van der Waals surface area (Å²) in [5.41, 5.74) is 7.41. The third-order valence-corrected chi connectivity index (χ3v) is 3.42. The first-order valence-electron chi connectivity index (χ1n) is 5.96. The van der Waals surface area contributed by atoms with Gasteiger partial charge < -0.3 is 10.6 Å². The molecule has 0 aliphatic carbocycles. The third kappa shape index (κ3) is 2.68. The summed E-state index contributed by atoms with van der Waals surface area (Å²) in [6, 6.07) is 7.45. The molecule has 4 heteroatoms. The van der Waals surface area contributed by atoms with E-state index >= 15 is 0 Å². The van der Waals surface area contributed by atoms with E-state index in [1.54, 1.807) is 0 Å². The van der Waals surface area contributed by atoms with Crippen LogP contribution in [0.15, 0.2) is 24.3 Å². The summed E-state index contributed by atoms with van der Waals surface area (Å²) >= 11 is 0. The van der Waals surface area contributed by atoms with Gasteiger partial charge in [0.2, 0.25) is 5.92 Å². The van der Waals surface area contributed by atoms with Crippen LogP contribution in [0.2, 0.25) is 0 Å². The molecular formula is C13H18F2N2. The lowest BCUT2D eigenvalue weighted by Crippen LogP contribution is -2.42. The molecule has 1 saturated heterocycles. The number of anilines is 2. The molecule has 1 aromatic carbocycles. The SMILES string of the molecule is CC(F)(F)C1CCCN(c2ccccc2N)C1. The number of halogens is 2. The van der Waals surface area contributed by atoms with Crippen molar-refractivity contribution in [2.24, 2.45) is 5.92 Å².